The summed E-state index contributed by atoms with van der Waals surface area (Å²) in [4.78, 5) is 15.9. The number of amides is 2. The molecule has 1 N–H and O–H groups in total. The van der Waals surface area contributed by atoms with Gasteiger partial charge in [-0.25, -0.2) is 9.48 Å². The van der Waals surface area contributed by atoms with Gasteiger partial charge in [0, 0.05) is 11.8 Å². The quantitative estimate of drug-likeness (QED) is 0.269. The fourth-order valence-electron chi connectivity index (χ4n) is 5.19. The molecule has 1 aliphatic rings. The standard InChI is InChI=1S/C31H28ClN5O/c1-3-22-15-17-23(18-16-22)29-28-14-9-19-35(28)30-25(21(2)34-37(30)24-10-5-4-6-11-24)20-36(29)31(38)33-27-13-8-7-12-26(27)32/h4-19,29H,3,20H2,1-2H3,(H,33,38)/t29-/m0/s1. The zero-order chi connectivity index (χ0) is 26.2. The van der Waals surface area contributed by atoms with Crippen LogP contribution in [0.3, 0.4) is 0 Å². The highest BCUT2D eigenvalue weighted by atomic mass is 35.5. The molecule has 6 rings (SSSR count). The SMILES string of the molecule is CCc1ccc([C@H]2c3cccn3-c3c(c(C)nn3-c3ccccc3)CN2C(=O)Nc2ccccc2Cl)cc1. The van der Waals surface area contributed by atoms with Crippen molar-refractivity contribution in [2.45, 2.75) is 32.9 Å². The molecule has 0 fully saturated rings. The van der Waals surface area contributed by atoms with E-state index >= 15 is 0 Å². The number of aryl methyl sites for hydroxylation is 2. The zero-order valence-corrected chi connectivity index (χ0v) is 22.1. The van der Waals surface area contributed by atoms with E-state index in [2.05, 4.69) is 53.3 Å². The lowest BCUT2D eigenvalue weighted by Crippen LogP contribution is -2.38. The molecule has 38 heavy (non-hydrogen) atoms. The molecule has 0 spiro atoms. The Bertz CT molecular complexity index is 1600. The number of carbonyl (C=O) groups excluding carboxylic acids is 1. The number of rotatable bonds is 4. The van der Waals surface area contributed by atoms with E-state index in [1.807, 2.05) is 71.1 Å². The molecule has 190 valence electrons. The van der Waals surface area contributed by atoms with Crippen molar-refractivity contribution in [3.8, 4) is 11.5 Å². The molecule has 7 heteroatoms. The van der Waals surface area contributed by atoms with Crippen molar-refractivity contribution in [2.75, 3.05) is 5.32 Å². The number of aromatic nitrogens is 3. The van der Waals surface area contributed by atoms with Crippen molar-refractivity contribution < 1.29 is 4.79 Å². The number of nitrogens with zero attached hydrogens (tertiary/aromatic N) is 4. The van der Waals surface area contributed by atoms with Crippen molar-refractivity contribution in [1.82, 2.24) is 19.2 Å². The normalized spacial score (nSPS) is 14.5. The topological polar surface area (TPSA) is 55.1 Å². The van der Waals surface area contributed by atoms with Crippen molar-refractivity contribution in [2.24, 2.45) is 0 Å². The van der Waals surface area contributed by atoms with Gasteiger partial charge in [-0.2, -0.15) is 5.10 Å². The van der Waals surface area contributed by atoms with E-state index in [1.54, 1.807) is 6.07 Å². The molecule has 0 unspecified atom stereocenters. The molecule has 1 aliphatic heterocycles. The number of carbonyl (C=O) groups is 1. The van der Waals surface area contributed by atoms with Crippen LogP contribution < -0.4 is 5.32 Å². The largest absolute Gasteiger partial charge is 0.323 e. The number of halogens is 1. The number of fused-ring (bicyclic) bond motifs is 3. The predicted octanol–water partition coefficient (Wildman–Crippen LogP) is 7.32. The van der Waals surface area contributed by atoms with Gasteiger partial charge in [0.05, 0.1) is 40.4 Å². The summed E-state index contributed by atoms with van der Waals surface area (Å²) in [5.74, 6) is 0.942. The van der Waals surface area contributed by atoms with E-state index in [9.17, 15) is 4.79 Å². The number of anilines is 1. The van der Waals surface area contributed by atoms with Gasteiger partial charge in [-0.1, -0.05) is 73.1 Å². The molecule has 0 aliphatic carbocycles. The van der Waals surface area contributed by atoms with Gasteiger partial charge in [0.1, 0.15) is 5.82 Å². The van der Waals surface area contributed by atoms with Crippen LogP contribution in [0.1, 0.15) is 41.0 Å². The Morgan fingerprint density at radius 2 is 1.71 bits per heavy atom. The molecule has 6 nitrogen and oxygen atoms in total. The minimum Gasteiger partial charge on any atom is -0.307 e. The summed E-state index contributed by atoms with van der Waals surface area (Å²) >= 11 is 6.42. The first kappa shape index (κ1) is 24.1. The Morgan fingerprint density at radius 1 is 0.974 bits per heavy atom. The number of para-hydroxylation sites is 2. The summed E-state index contributed by atoms with van der Waals surface area (Å²) in [7, 11) is 0. The third-order valence-corrected chi connectivity index (χ3v) is 7.50. The summed E-state index contributed by atoms with van der Waals surface area (Å²) < 4.78 is 4.14. The van der Waals surface area contributed by atoms with Crippen LogP contribution in [0.25, 0.3) is 11.5 Å². The monoisotopic (exact) mass is 521 g/mol. The molecule has 3 aromatic carbocycles. The van der Waals surface area contributed by atoms with Crippen molar-refractivity contribution in [3.05, 3.63) is 130 Å². The van der Waals surface area contributed by atoms with Crippen LogP contribution in [-0.2, 0) is 13.0 Å². The van der Waals surface area contributed by atoms with Crippen LogP contribution in [-0.4, -0.2) is 25.3 Å². The van der Waals surface area contributed by atoms with E-state index in [0.29, 0.717) is 17.3 Å². The Hall–Kier alpha value is -4.29. The molecule has 0 radical (unpaired) electrons. The van der Waals surface area contributed by atoms with Crippen LogP contribution in [0.2, 0.25) is 5.02 Å². The number of hydrogen-bond donors (Lipinski definition) is 1. The Balaban J connectivity index is 1.53. The molecular weight excluding hydrogens is 494 g/mol. The minimum absolute atomic E-state index is 0.227. The third kappa shape index (κ3) is 4.17. The average Bonchev–Trinajstić information content (AvgIpc) is 3.51. The molecule has 0 saturated carbocycles. The number of nitrogens with one attached hydrogen (secondary N) is 1. The summed E-state index contributed by atoms with van der Waals surface area (Å²) in [5.41, 5.74) is 6.70. The van der Waals surface area contributed by atoms with Crippen molar-refractivity contribution >= 4 is 23.3 Å². The maximum absolute atomic E-state index is 14.0. The smallest absolute Gasteiger partial charge is 0.307 e. The summed E-state index contributed by atoms with van der Waals surface area (Å²) in [6.07, 6.45) is 3.01. The molecule has 2 aromatic heterocycles. The van der Waals surface area contributed by atoms with Gasteiger partial charge < -0.3 is 14.8 Å². The molecule has 5 aromatic rings. The molecular formula is C31H28ClN5O. The Kier molecular flexibility index (Phi) is 6.26. The highest BCUT2D eigenvalue weighted by Gasteiger charge is 2.36. The highest BCUT2D eigenvalue weighted by Crippen LogP contribution is 2.39. The van der Waals surface area contributed by atoms with Gasteiger partial charge in [-0.05, 0) is 60.9 Å². The molecule has 2 amide bonds. The molecule has 3 heterocycles. The molecule has 1 atom stereocenters. The number of urea groups is 1. The summed E-state index contributed by atoms with van der Waals surface area (Å²) in [6.45, 7) is 4.53. The van der Waals surface area contributed by atoms with Crippen LogP contribution in [0, 0.1) is 6.92 Å². The first-order chi connectivity index (χ1) is 18.5. The fraction of sp³-hybridized carbons (Fsp3) is 0.161. The highest BCUT2D eigenvalue weighted by molar-refractivity contribution is 6.33. The number of benzene rings is 3. The zero-order valence-electron chi connectivity index (χ0n) is 21.3. The second-order valence-electron chi connectivity index (χ2n) is 9.47. The lowest BCUT2D eigenvalue weighted by molar-refractivity contribution is 0.194. The van der Waals surface area contributed by atoms with Gasteiger partial charge in [0.25, 0.3) is 0 Å². The first-order valence-electron chi connectivity index (χ1n) is 12.8. The predicted molar refractivity (Wildman–Crippen MR) is 151 cm³/mol. The van der Waals surface area contributed by atoms with Crippen molar-refractivity contribution in [1.29, 1.82) is 0 Å². The van der Waals surface area contributed by atoms with Gasteiger partial charge >= 0.3 is 6.03 Å². The summed E-state index contributed by atoms with van der Waals surface area (Å²) in [6, 6.07) is 29.5. The van der Waals surface area contributed by atoms with E-state index < -0.39 is 0 Å². The minimum atomic E-state index is -0.325. The lowest BCUT2D eigenvalue weighted by Gasteiger charge is -2.31. The fourth-order valence-corrected chi connectivity index (χ4v) is 5.37. The van der Waals surface area contributed by atoms with E-state index in [1.165, 1.54) is 5.56 Å². The van der Waals surface area contributed by atoms with Gasteiger partial charge in [-0.3, -0.25) is 0 Å². The van der Waals surface area contributed by atoms with Gasteiger partial charge in [0.15, 0.2) is 0 Å². The van der Waals surface area contributed by atoms with Crippen LogP contribution >= 0.6 is 11.6 Å². The van der Waals surface area contributed by atoms with E-state index in [4.69, 9.17) is 16.7 Å². The van der Waals surface area contributed by atoms with Gasteiger partial charge in [-0.15, -0.1) is 0 Å². The number of hydrogen-bond acceptors (Lipinski definition) is 2. The van der Waals surface area contributed by atoms with Gasteiger partial charge in [0.2, 0.25) is 0 Å². The maximum atomic E-state index is 14.0. The van der Waals surface area contributed by atoms with E-state index in [0.717, 1.165) is 40.4 Å². The maximum Gasteiger partial charge on any atom is 0.323 e. The van der Waals surface area contributed by atoms with E-state index in [-0.39, 0.29) is 12.1 Å². The second kappa shape index (κ2) is 9.88. The van der Waals surface area contributed by atoms with Crippen LogP contribution in [0.15, 0.2) is 97.2 Å². The Labute approximate surface area is 227 Å². The molecule has 0 bridgehead atoms. The van der Waals surface area contributed by atoms with Crippen molar-refractivity contribution in [3.63, 3.8) is 0 Å². The molecule has 0 saturated heterocycles. The lowest BCUT2D eigenvalue weighted by atomic mass is 9.99. The Morgan fingerprint density at radius 3 is 2.45 bits per heavy atom. The average molecular weight is 522 g/mol. The second-order valence-corrected chi connectivity index (χ2v) is 9.88. The first-order valence-corrected chi connectivity index (χ1v) is 13.2. The third-order valence-electron chi connectivity index (χ3n) is 7.17. The van der Waals surface area contributed by atoms with Crippen LogP contribution in [0.4, 0.5) is 10.5 Å². The summed E-state index contributed by atoms with van der Waals surface area (Å²) in [5, 5.41) is 8.47. The van der Waals surface area contributed by atoms with Crippen LogP contribution in [0.5, 0.6) is 0 Å².